The third-order valence-electron chi connectivity index (χ3n) is 6.07. The number of halogens is 1. The zero-order chi connectivity index (χ0) is 24.3. The van der Waals surface area contributed by atoms with Crippen LogP contribution in [0.15, 0.2) is 76.7 Å². The van der Waals surface area contributed by atoms with Crippen LogP contribution >= 0.6 is 0 Å². The molecule has 0 fully saturated rings. The Morgan fingerprint density at radius 3 is 2.56 bits per heavy atom. The molecule has 0 radical (unpaired) electrons. The van der Waals surface area contributed by atoms with Crippen LogP contribution in [0.2, 0.25) is 0 Å². The number of nitrogens with zero attached hydrogens (tertiary/aromatic N) is 3. The zero-order valence-electron chi connectivity index (χ0n) is 18.5. The molecule has 0 aliphatic heterocycles. The van der Waals surface area contributed by atoms with Crippen molar-refractivity contribution in [3.05, 3.63) is 111 Å². The fourth-order valence-corrected chi connectivity index (χ4v) is 5.35. The molecule has 0 unspecified atom stereocenters. The summed E-state index contributed by atoms with van der Waals surface area (Å²) >= 11 is 0. The molecule has 0 spiro atoms. The van der Waals surface area contributed by atoms with Gasteiger partial charge in [-0.3, -0.25) is 4.18 Å². The second-order valence-electron chi connectivity index (χ2n) is 8.42. The van der Waals surface area contributed by atoms with Crippen LogP contribution in [-0.2, 0) is 20.7 Å². The van der Waals surface area contributed by atoms with Crippen molar-refractivity contribution in [2.45, 2.75) is 42.7 Å². The highest BCUT2D eigenvalue weighted by molar-refractivity contribution is 7.86. The van der Waals surface area contributed by atoms with E-state index < -0.39 is 40.6 Å². The first-order chi connectivity index (χ1) is 16.3. The Bertz CT molecular complexity index is 1340. The van der Waals surface area contributed by atoms with Gasteiger partial charge < -0.3 is 5.11 Å². The number of hydrogen-bond donors (Lipinski definition) is 1. The highest BCUT2D eigenvalue weighted by Gasteiger charge is 2.33. The Kier molecular flexibility index (Phi) is 7.00. The quantitative estimate of drug-likeness (QED) is 0.213. The van der Waals surface area contributed by atoms with E-state index in [9.17, 15) is 23.4 Å². The molecule has 9 heteroatoms. The largest absolute Gasteiger partial charge is 0.391 e. The predicted molar refractivity (Wildman–Crippen MR) is 125 cm³/mol. The molecule has 3 aromatic rings. The van der Waals surface area contributed by atoms with E-state index in [4.69, 9.17) is 4.18 Å². The molecule has 3 atom stereocenters. The molecular weight excluding hydrogens is 457 g/mol. The average molecular weight is 482 g/mol. The smallest absolute Gasteiger partial charge is 0.297 e. The summed E-state index contributed by atoms with van der Waals surface area (Å²) in [7, 11) is -4.05. The lowest BCUT2D eigenvalue weighted by molar-refractivity contribution is 0.0935. The minimum atomic E-state index is -4.05. The first-order valence-corrected chi connectivity index (χ1v) is 12.2. The van der Waals surface area contributed by atoms with Crippen molar-refractivity contribution in [3.8, 4) is 0 Å². The summed E-state index contributed by atoms with van der Waals surface area (Å²) in [6.07, 6.45) is -0.599. The number of aryl methyl sites for hydroxylation is 1. The molecule has 34 heavy (non-hydrogen) atoms. The Labute approximate surface area is 197 Å². The molecule has 0 amide bonds. The van der Waals surface area contributed by atoms with Gasteiger partial charge >= 0.3 is 0 Å². The molecule has 7 nitrogen and oxygen atoms in total. The summed E-state index contributed by atoms with van der Waals surface area (Å²) in [5.41, 5.74) is 13.4. The standard InChI is InChI=1S/C25H24FN3O4S/c1-16-6-10-21(11-7-16)34(31,32)33-15-20(30)14-24-22-5-3-2-4-17(22)12-18-8-9-19(26)13-23(18)25(24)28-29-27/h2-11,13,20,24-25,30H,12,14-15H2,1H3/t20-,24-,25+/m1/s1. The van der Waals surface area contributed by atoms with E-state index in [2.05, 4.69) is 10.0 Å². The number of fused-ring (bicyclic) bond motifs is 2. The molecule has 4 rings (SSSR count). The maximum atomic E-state index is 14.1. The number of benzene rings is 3. The summed E-state index contributed by atoms with van der Waals surface area (Å²) in [5.74, 6) is -0.953. The van der Waals surface area contributed by atoms with E-state index in [1.54, 1.807) is 18.2 Å². The molecule has 0 bridgehead atoms. The minimum Gasteiger partial charge on any atom is -0.391 e. The molecule has 176 valence electrons. The monoisotopic (exact) mass is 481 g/mol. The maximum Gasteiger partial charge on any atom is 0.297 e. The van der Waals surface area contributed by atoms with Crippen LogP contribution in [0.4, 0.5) is 4.39 Å². The third-order valence-corrected chi connectivity index (χ3v) is 7.37. The molecule has 0 aromatic heterocycles. The fraction of sp³-hybridized carbons (Fsp3) is 0.280. The van der Waals surface area contributed by atoms with Gasteiger partial charge in [0.2, 0.25) is 0 Å². The van der Waals surface area contributed by atoms with Crippen molar-refractivity contribution in [2.75, 3.05) is 6.61 Å². The fourth-order valence-electron chi connectivity index (χ4n) is 4.41. The lowest BCUT2D eigenvalue weighted by atomic mass is 9.83. The molecular formula is C25H24FN3O4S. The second-order valence-corrected chi connectivity index (χ2v) is 10.0. The summed E-state index contributed by atoms with van der Waals surface area (Å²) in [6.45, 7) is 1.38. The van der Waals surface area contributed by atoms with Crippen LogP contribution in [0.3, 0.4) is 0 Å². The third kappa shape index (κ3) is 5.13. The maximum absolute atomic E-state index is 14.1. The minimum absolute atomic E-state index is 0.00136. The number of rotatable bonds is 7. The summed E-state index contributed by atoms with van der Waals surface area (Å²) in [4.78, 5) is 2.99. The second kappa shape index (κ2) is 9.95. The van der Waals surface area contributed by atoms with Gasteiger partial charge in [0.1, 0.15) is 5.82 Å². The average Bonchev–Trinajstić information content (AvgIpc) is 2.93. The molecule has 1 aliphatic rings. The highest BCUT2D eigenvalue weighted by atomic mass is 32.2. The van der Waals surface area contributed by atoms with Crippen LogP contribution in [0, 0.1) is 12.7 Å². The molecule has 1 N–H and O–H groups in total. The van der Waals surface area contributed by atoms with Crippen LogP contribution in [0.5, 0.6) is 0 Å². The van der Waals surface area contributed by atoms with Gasteiger partial charge in [0.05, 0.1) is 23.6 Å². The molecule has 0 saturated carbocycles. The van der Waals surface area contributed by atoms with Gasteiger partial charge in [-0.25, -0.2) is 4.39 Å². The lowest BCUT2D eigenvalue weighted by Crippen LogP contribution is -2.23. The van der Waals surface area contributed by atoms with Crippen molar-refractivity contribution in [1.82, 2.24) is 0 Å². The van der Waals surface area contributed by atoms with E-state index in [-0.39, 0.29) is 11.3 Å². The number of aliphatic hydroxyl groups excluding tert-OH is 1. The van der Waals surface area contributed by atoms with Gasteiger partial charge in [-0.1, -0.05) is 53.1 Å². The normalized spacial score (nSPS) is 18.2. The van der Waals surface area contributed by atoms with Crippen LogP contribution < -0.4 is 0 Å². The van der Waals surface area contributed by atoms with Crippen LogP contribution in [0.25, 0.3) is 10.4 Å². The van der Waals surface area contributed by atoms with Gasteiger partial charge in [0, 0.05) is 4.91 Å². The zero-order valence-corrected chi connectivity index (χ0v) is 19.3. The number of aliphatic hydroxyl groups is 1. The SMILES string of the molecule is Cc1ccc(S(=O)(=O)OC[C@H](O)C[C@@H]2c3ccccc3Cc3ccc(F)cc3[C@@H]2N=[N+]=[N-])cc1. The molecule has 0 heterocycles. The topological polar surface area (TPSA) is 112 Å². The van der Waals surface area contributed by atoms with Crippen LogP contribution in [0.1, 0.15) is 46.2 Å². The van der Waals surface area contributed by atoms with Gasteiger partial charge in [-0.2, -0.15) is 8.42 Å². The van der Waals surface area contributed by atoms with Crippen molar-refractivity contribution < 1.29 is 22.1 Å². The van der Waals surface area contributed by atoms with E-state index in [1.165, 1.54) is 24.3 Å². The van der Waals surface area contributed by atoms with Crippen molar-refractivity contribution in [3.63, 3.8) is 0 Å². The van der Waals surface area contributed by atoms with Gasteiger partial charge in [0.25, 0.3) is 10.1 Å². The number of hydrogen-bond acceptors (Lipinski definition) is 5. The van der Waals surface area contributed by atoms with E-state index >= 15 is 0 Å². The van der Waals surface area contributed by atoms with Gasteiger partial charge in [0.15, 0.2) is 0 Å². The summed E-state index contributed by atoms with van der Waals surface area (Å²) < 4.78 is 44.3. The van der Waals surface area contributed by atoms with Crippen LogP contribution in [-0.4, -0.2) is 26.2 Å². The number of azide groups is 1. The molecule has 1 aliphatic carbocycles. The Morgan fingerprint density at radius 1 is 1.12 bits per heavy atom. The highest BCUT2D eigenvalue weighted by Crippen LogP contribution is 2.44. The summed E-state index contributed by atoms with van der Waals surface area (Å²) in [5, 5.41) is 14.7. The van der Waals surface area contributed by atoms with Gasteiger partial charge in [-0.05, 0) is 77.7 Å². The molecule has 0 saturated heterocycles. The van der Waals surface area contributed by atoms with E-state index in [1.807, 2.05) is 31.2 Å². The lowest BCUT2D eigenvalue weighted by Gasteiger charge is -2.26. The van der Waals surface area contributed by atoms with Crippen molar-refractivity contribution in [2.24, 2.45) is 5.11 Å². The Balaban J connectivity index is 1.62. The van der Waals surface area contributed by atoms with E-state index in [0.717, 1.165) is 22.3 Å². The van der Waals surface area contributed by atoms with E-state index in [0.29, 0.717) is 12.0 Å². The molecule has 3 aromatic carbocycles. The summed E-state index contributed by atoms with van der Waals surface area (Å²) in [6, 6.07) is 17.4. The Morgan fingerprint density at radius 2 is 1.82 bits per heavy atom. The first kappa shape index (κ1) is 23.9. The van der Waals surface area contributed by atoms with Crippen molar-refractivity contribution >= 4 is 10.1 Å². The predicted octanol–water partition coefficient (Wildman–Crippen LogP) is 5.33. The first-order valence-electron chi connectivity index (χ1n) is 10.8. The van der Waals surface area contributed by atoms with Gasteiger partial charge in [-0.15, -0.1) is 0 Å². The Hall–Kier alpha value is -3.23. The van der Waals surface area contributed by atoms with Crippen molar-refractivity contribution in [1.29, 1.82) is 0 Å².